The first-order valence-corrected chi connectivity index (χ1v) is 7.90. The number of aliphatic carboxylic acids is 1. The fourth-order valence-electron chi connectivity index (χ4n) is 3.38. The molecule has 5 nitrogen and oxygen atoms in total. The van der Waals surface area contributed by atoms with Crippen molar-refractivity contribution in [2.45, 2.75) is 51.1 Å². The van der Waals surface area contributed by atoms with Crippen LogP contribution in [0.4, 0.5) is 0 Å². The molecule has 1 saturated carbocycles. The Morgan fingerprint density at radius 3 is 2.75 bits per heavy atom. The number of carboxylic acid groups (broad SMARTS) is 1. The van der Waals surface area contributed by atoms with Gasteiger partial charge in [-0.3, -0.25) is 9.69 Å². The van der Waals surface area contributed by atoms with E-state index in [0.29, 0.717) is 12.1 Å². The van der Waals surface area contributed by atoms with Gasteiger partial charge in [-0.15, -0.1) is 0 Å². The minimum Gasteiger partial charge on any atom is -0.481 e. The second-order valence-electron chi connectivity index (χ2n) is 6.46. The monoisotopic (exact) mass is 284 g/mol. The minimum atomic E-state index is -0.690. The molecule has 3 atom stereocenters. The van der Waals surface area contributed by atoms with Crippen molar-refractivity contribution >= 4 is 5.97 Å². The molecule has 0 spiro atoms. The predicted molar refractivity (Wildman–Crippen MR) is 77.6 cm³/mol. The highest BCUT2D eigenvalue weighted by Crippen LogP contribution is 2.36. The van der Waals surface area contributed by atoms with Gasteiger partial charge in [-0.05, 0) is 51.0 Å². The van der Waals surface area contributed by atoms with Crippen molar-refractivity contribution in [1.82, 2.24) is 10.2 Å². The molecule has 0 aromatic rings. The number of rotatable bonds is 8. The van der Waals surface area contributed by atoms with Gasteiger partial charge in [-0.25, -0.2) is 0 Å². The number of likely N-dealkylation sites (tertiary alicyclic amines) is 1. The summed E-state index contributed by atoms with van der Waals surface area (Å²) >= 11 is 0. The van der Waals surface area contributed by atoms with E-state index in [2.05, 4.69) is 17.1 Å². The molecule has 3 N–H and O–H groups in total. The molecule has 2 rings (SSSR count). The number of hydrogen-bond acceptors (Lipinski definition) is 4. The molecule has 2 aliphatic rings. The summed E-state index contributed by atoms with van der Waals surface area (Å²) in [6, 6.07) is 0.939. The van der Waals surface area contributed by atoms with Crippen molar-refractivity contribution < 1.29 is 15.0 Å². The van der Waals surface area contributed by atoms with Gasteiger partial charge in [0, 0.05) is 38.2 Å². The number of carboxylic acids is 1. The molecule has 0 aromatic carbocycles. The molecule has 20 heavy (non-hydrogen) atoms. The number of aliphatic hydroxyl groups excluding tert-OH is 1. The van der Waals surface area contributed by atoms with E-state index in [0.717, 1.165) is 38.4 Å². The van der Waals surface area contributed by atoms with Crippen LogP contribution in [0, 0.1) is 11.8 Å². The number of piperidine rings is 1. The highest BCUT2D eigenvalue weighted by molar-refractivity contribution is 5.67. The maximum atomic E-state index is 11.0. The first kappa shape index (κ1) is 15.7. The molecule has 5 heteroatoms. The third-order valence-electron chi connectivity index (χ3n) is 4.68. The van der Waals surface area contributed by atoms with Crippen molar-refractivity contribution in [3.63, 3.8) is 0 Å². The molecule has 2 fully saturated rings. The summed E-state index contributed by atoms with van der Waals surface area (Å²) in [6.07, 6.45) is 4.61. The quantitative estimate of drug-likeness (QED) is 0.578. The van der Waals surface area contributed by atoms with Gasteiger partial charge in [0.15, 0.2) is 0 Å². The third kappa shape index (κ3) is 4.72. The van der Waals surface area contributed by atoms with Gasteiger partial charge in [0.25, 0.3) is 0 Å². The molecular formula is C15H28N2O3. The SMILES string of the molecule is CC(C1CC1)N1CC(CC(=O)O)CC(NCCCO)C1. The minimum absolute atomic E-state index is 0.209. The van der Waals surface area contributed by atoms with E-state index in [1.165, 1.54) is 12.8 Å². The Balaban J connectivity index is 1.88. The van der Waals surface area contributed by atoms with Crippen LogP contribution in [0.1, 0.15) is 39.0 Å². The Kier molecular flexibility index (Phi) is 5.81. The van der Waals surface area contributed by atoms with Crippen LogP contribution in [0.3, 0.4) is 0 Å². The third-order valence-corrected chi connectivity index (χ3v) is 4.68. The highest BCUT2D eigenvalue weighted by Gasteiger charge is 2.36. The molecule has 0 radical (unpaired) electrons. The van der Waals surface area contributed by atoms with Gasteiger partial charge < -0.3 is 15.5 Å². The zero-order valence-corrected chi connectivity index (χ0v) is 12.4. The van der Waals surface area contributed by atoms with Crippen LogP contribution in [-0.2, 0) is 4.79 Å². The summed E-state index contributed by atoms with van der Waals surface area (Å²) < 4.78 is 0. The van der Waals surface area contributed by atoms with Gasteiger partial charge in [0.2, 0.25) is 0 Å². The van der Waals surface area contributed by atoms with Crippen LogP contribution < -0.4 is 5.32 Å². The van der Waals surface area contributed by atoms with Gasteiger partial charge in [-0.2, -0.15) is 0 Å². The largest absolute Gasteiger partial charge is 0.481 e. The van der Waals surface area contributed by atoms with Gasteiger partial charge in [0.1, 0.15) is 0 Å². The average Bonchev–Trinajstić information content (AvgIpc) is 3.21. The van der Waals surface area contributed by atoms with E-state index < -0.39 is 5.97 Å². The number of nitrogens with one attached hydrogen (secondary N) is 1. The zero-order valence-electron chi connectivity index (χ0n) is 12.4. The zero-order chi connectivity index (χ0) is 14.5. The lowest BCUT2D eigenvalue weighted by Gasteiger charge is -2.41. The highest BCUT2D eigenvalue weighted by atomic mass is 16.4. The van der Waals surface area contributed by atoms with Crippen LogP contribution in [0.15, 0.2) is 0 Å². The van der Waals surface area contributed by atoms with Crippen LogP contribution >= 0.6 is 0 Å². The molecule has 1 aliphatic heterocycles. The fraction of sp³-hybridized carbons (Fsp3) is 0.933. The Bertz CT molecular complexity index is 320. The van der Waals surface area contributed by atoms with Gasteiger partial charge in [-0.1, -0.05) is 0 Å². The molecule has 116 valence electrons. The van der Waals surface area contributed by atoms with Crippen LogP contribution in [0.5, 0.6) is 0 Å². The number of aliphatic hydroxyl groups is 1. The second kappa shape index (κ2) is 7.38. The Morgan fingerprint density at radius 2 is 2.15 bits per heavy atom. The summed E-state index contributed by atoms with van der Waals surface area (Å²) in [6.45, 7) is 5.24. The lowest BCUT2D eigenvalue weighted by atomic mass is 9.90. The molecule has 1 heterocycles. The van der Waals surface area contributed by atoms with Gasteiger partial charge in [0.05, 0.1) is 0 Å². The van der Waals surface area contributed by atoms with E-state index in [9.17, 15) is 4.79 Å². The summed E-state index contributed by atoms with van der Waals surface area (Å²) in [4.78, 5) is 13.5. The van der Waals surface area contributed by atoms with E-state index in [1.807, 2.05) is 0 Å². The first-order valence-electron chi connectivity index (χ1n) is 7.90. The average molecular weight is 284 g/mol. The normalized spacial score (nSPS) is 29.3. The number of hydrogen-bond donors (Lipinski definition) is 3. The van der Waals surface area contributed by atoms with Crippen molar-refractivity contribution in [2.24, 2.45) is 11.8 Å². The number of carbonyl (C=O) groups is 1. The van der Waals surface area contributed by atoms with E-state index in [-0.39, 0.29) is 18.9 Å². The maximum absolute atomic E-state index is 11.0. The summed E-state index contributed by atoms with van der Waals surface area (Å²) in [5, 5.41) is 21.4. The van der Waals surface area contributed by atoms with Gasteiger partial charge >= 0.3 is 5.97 Å². The molecule has 3 unspecified atom stereocenters. The molecule has 1 saturated heterocycles. The summed E-state index contributed by atoms with van der Waals surface area (Å²) in [7, 11) is 0. The van der Waals surface area contributed by atoms with Crippen molar-refractivity contribution in [3.8, 4) is 0 Å². The molecule has 0 aromatic heterocycles. The lowest BCUT2D eigenvalue weighted by molar-refractivity contribution is -0.138. The predicted octanol–water partition coefficient (Wildman–Crippen LogP) is 0.922. The van der Waals surface area contributed by atoms with Crippen molar-refractivity contribution in [1.29, 1.82) is 0 Å². The Hall–Kier alpha value is -0.650. The van der Waals surface area contributed by atoms with E-state index in [1.54, 1.807) is 0 Å². The molecule has 0 amide bonds. The Labute approximate surface area is 121 Å². The standard InChI is InChI=1S/C15H28N2O3/c1-11(13-3-4-13)17-9-12(8-15(19)20)7-14(10-17)16-5-2-6-18/h11-14,16,18H,2-10H2,1H3,(H,19,20). The fourth-order valence-corrected chi connectivity index (χ4v) is 3.38. The second-order valence-corrected chi connectivity index (χ2v) is 6.46. The smallest absolute Gasteiger partial charge is 0.303 e. The summed E-state index contributed by atoms with van der Waals surface area (Å²) in [5.41, 5.74) is 0. The van der Waals surface area contributed by atoms with Crippen LogP contribution in [-0.4, -0.2) is 59.4 Å². The molecular weight excluding hydrogens is 256 g/mol. The van der Waals surface area contributed by atoms with E-state index >= 15 is 0 Å². The topological polar surface area (TPSA) is 72.8 Å². The van der Waals surface area contributed by atoms with Crippen LogP contribution in [0.2, 0.25) is 0 Å². The van der Waals surface area contributed by atoms with Crippen molar-refractivity contribution in [2.75, 3.05) is 26.2 Å². The maximum Gasteiger partial charge on any atom is 0.303 e. The molecule has 0 bridgehead atoms. The van der Waals surface area contributed by atoms with E-state index in [4.69, 9.17) is 10.2 Å². The lowest BCUT2D eigenvalue weighted by Crippen LogP contribution is -2.53. The first-order chi connectivity index (χ1) is 9.60. The number of nitrogens with zero attached hydrogens (tertiary/aromatic N) is 1. The van der Waals surface area contributed by atoms with Crippen molar-refractivity contribution in [3.05, 3.63) is 0 Å². The van der Waals surface area contributed by atoms with Crippen LogP contribution in [0.25, 0.3) is 0 Å². The molecule has 1 aliphatic carbocycles. The Morgan fingerprint density at radius 1 is 1.40 bits per heavy atom. The summed E-state index contributed by atoms with van der Waals surface area (Å²) in [5.74, 6) is 0.371.